The molecule has 0 saturated heterocycles. The number of ether oxygens (including phenoxy) is 1. The van der Waals surface area contributed by atoms with Gasteiger partial charge in [0.25, 0.3) is 0 Å². The number of hydrogen-bond acceptors (Lipinski definition) is 4. The van der Waals surface area contributed by atoms with Gasteiger partial charge < -0.3 is 10.5 Å². The third-order valence-electron chi connectivity index (χ3n) is 3.15. The highest BCUT2D eigenvalue weighted by Crippen LogP contribution is 2.48. The topological polar surface area (TPSA) is 76.1 Å². The van der Waals surface area contributed by atoms with Crippen LogP contribution in [0.25, 0.3) is 0 Å². The molecule has 0 aromatic heterocycles. The highest BCUT2D eigenvalue weighted by Gasteiger charge is 2.43. The van der Waals surface area contributed by atoms with Gasteiger partial charge in [0.1, 0.15) is 0 Å². The molecule has 1 aliphatic rings. The zero-order valence-electron chi connectivity index (χ0n) is 9.78. The van der Waals surface area contributed by atoms with Crippen molar-refractivity contribution in [3.05, 3.63) is 28.8 Å². The van der Waals surface area contributed by atoms with Crippen LogP contribution in [0.3, 0.4) is 0 Å². The third-order valence-corrected chi connectivity index (χ3v) is 3.39. The minimum atomic E-state index is -0.464. The van der Waals surface area contributed by atoms with Crippen LogP contribution in [0.5, 0.6) is 0 Å². The second-order valence-corrected chi connectivity index (χ2v) is 5.08. The van der Waals surface area contributed by atoms with E-state index in [0.717, 1.165) is 12.8 Å². The lowest BCUT2D eigenvalue weighted by molar-refractivity contribution is 0.0420. The molecule has 0 atom stereocenters. The van der Waals surface area contributed by atoms with Crippen LogP contribution in [0, 0.1) is 16.7 Å². The summed E-state index contributed by atoms with van der Waals surface area (Å²) < 4.78 is 5.22. The number of carbonyl (C=O) groups is 1. The number of nitriles is 1. The molecular weight excluding hydrogens is 252 g/mol. The summed E-state index contributed by atoms with van der Waals surface area (Å²) >= 11 is 5.75. The lowest BCUT2D eigenvalue weighted by Gasteiger charge is -2.12. The molecule has 4 nitrogen and oxygen atoms in total. The van der Waals surface area contributed by atoms with E-state index in [1.165, 1.54) is 6.07 Å². The summed E-state index contributed by atoms with van der Waals surface area (Å²) in [5.41, 5.74) is 6.19. The van der Waals surface area contributed by atoms with Gasteiger partial charge in [0.15, 0.2) is 0 Å². The lowest BCUT2D eigenvalue weighted by Crippen LogP contribution is -2.16. The Morgan fingerprint density at radius 3 is 2.83 bits per heavy atom. The van der Waals surface area contributed by atoms with Gasteiger partial charge in [-0.25, -0.2) is 4.79 Å². The number of anilines is 1. The van der Waals surface area contributed by atoms with Crippen molar-refractivity contribution in [1.29, 1.82) is 5.26 Å². The molecule has 1 saturated carbocycles. The number of nitrogens with zero attached hydrogens (tertiary/aromatic N) is 1. The molecule has 0 radical (unpaired) electrons. The summed E-state index contributed by atoms with van der Waals surface area (Å²) in [6, 6.07) is 6.77. The Bertz CT molecular complexity index is 518. The molecule has 0 unspecified atom stereocenters. The molecule has 0 bridgehead atoms. The molecule has 0 aliphatic heterocycles. The monoisotopic (exact) mass is 264 g/mol. The van der Waals surface area contributed by atoms with E-state index in [1.807, 2.05) is 0 Å². The summed E-state index contributed by atoms with van der Waals surface area (Å²) in [6.07, 6.45) is 2.30. The second-order valence-electron chi connectivity index (χ2n) is 4.64. The summed E-state index contributed by atoms with van der Waals surface area (Å²) in [4.78, 5) is 11.8. The zero-order chi connectivity index (χ0) is 13.2. The maximum absolute atomic E-state index is 11.8. The number of nitrogen functional groups attached to an aromatic ring is 1. The molecule has 1 aromatic rings. The van der Waals surface area contributed by atoms with Crippen molar-refractivity contribution in [2.45, 2.75) is 19.3 Å². The van der Waals surface area contributed by atoms with Gasteiger partial charge in [0.05, 0.1) is 18.2 Å². The number of nitrogens with two attached hydrogens (primary N) is 1. The third kappa shape index (κ3) is 2.74. The first-order chi connectivity index (χ1) is 8.56. The smallest absolute Gasteiger partial charge is 0.340 e. The predicted molar refractivity (Wildman–Crippen MR) is 68.0 cm³/mol. The van der Waals surface area contributed by atoms with E-state index >= 15 is 0 Å². The molecule has 2 rings (SSSR count). The molecule has 18 heavy (non-hydrogen) atoms. The van der Waals surface area contributed by atoms with Crippen LogP contribution in [-0.2, 0) is 4.74 Å². The number of esters is 1. The Morgan fingerprint density at radius 2 is 2.28 bits per heavy atom. The van der Waals surface area contributed by atoms with Crippen LogP contribution in [0.15, 0.2) is 18.2 Å². The van der Waals surface area contributed by atoms with E-state index in [-0.39, 0.29) is 12.0 Å². The number of carbonyl (C=O) groups excluding carboxylic acids is 1. The predicted octanol–water partition coefficient (Wildman–Crippen LogP) is 2.77. The summed E-state index contributed by atoms with van der Waals surface area (Å²) in [6.45, 7) is 0.279. The summed E-state index contributed by atoms with van der Waals surface area (Å²) in [5.74, 6) is -0.464. The molecule has 1 aromatic carbocycles. The van der Waals surface area contributed by atoms with Gasteiger partial charge in [-0.2, -0.15) is 5.26 Å². The van der Waals surface area contributed by atoms with Crippen LogP contribution in [0.4, 0.5) is 5.69 Å². The average molecular weight is 265 g/mol. The van der Waals surface area contributed by atoms with Crippen LogP contribution in [0.2, 0.25) is 5.02 Å². The van der Waals surface area contributed by atoms with Gasteiger partial charge in [0, 0.05) is 22.5 Å². The van der Waals surface area contributed by atoms with E-state index in [2.05, 4.69) is 6.07 Å². The van der Waals surface area contributed by atoms with Crippen molar-refractivity contribution in [2.75, 3.05) is 12.3 Å². The number of hydrogen-bond donors (Lipinski definition) is 1. The highest BCUT2D eigenvalue weighted by molar-refractivity contribution is 6.31. The highest BCUT2D eigenvalue weighted by atomic mass is 35.5. The lowest BCUT2D eigenvalue weighted by atomic mass is 10.1. The van der Waals surface area contributed by atoms with Gasteiger partial charge in [-0.3, -0.25) is 0 Å². The molecule has 0 amide bonds. The Morgan fingerprint density at radius 1 is 1.56 bits per heavy atom. The Hall–Kier alpha value is -1.73. The van der Waals surface area contributed by atoms with Crippen LogP contribution in [0.1, 0.15) is 29.6 Å². The van der Waals surface area contributed by atoms with Crippen molar-refractivity contribution >= 4 is 23.3 Å². The minimum absolute atomic E-state index is 0.119. The van der Waals surface area contributed by atoms with Gasteiger partial charge in [-0.15, -0.1) is 0 Å². The fourth-order valence-electron chi connectivity index (χ4n) is 1.73. The molecule has 1 fully saturated rings. The van der Waals surface area contributed by atoms with Crippen molar-refractivity contribution in [1.82, 2.24) is 0 Å². The van der Waals surface area contributed by atoms with E-state index in [0.29, 0.717) is 22.7 Å². The van der Waals surface area contributed by atoms with Crippen LogP contribution in [-0.4, -0.2) is 12.6 Å². The standard InChI is InChI=1S/C13H13ClN2O2/c14-9-1-2-10(11(16)7-9)12(17)18-8-13(3-4-13)5-6-15/h1-2,7H,3-5,8,16H2. The average Bonchev–Trinajstić information content (AvgIpc) is 3.07. The Labute approximate surface area is 110 Å². The summed E-state index contributed by atoms with van der Waals surface area (Å²) in [5, 5.41) is 9.15. The Kier molecular flexibility index (Phi) is 3.44. The quantitative estimate of drug-likeness (QED) is 0.670. The molecule has 94 valence electrons. The van der Waals surface area contributed by atoms with Crippen LogP contribution >= 0.6 is 11.6 Å². The first-order valence-electron chi connectivity index (χ1n) is 5.65. The normalized spacial score (nSPS) is 15.8. The van der Waals surface area contributed by atoms with E-state index in [4.69, 9.17) is 27.3 Å². The summed E-state index contributed by atoms with van der Waals surface area (Å²) in [7, 11) is 0. The van der Waals surface area contributed by atoms with Crippen molar-refractivity contribution in [3.63, 3.8) is 0 Å². The van der Waals surface area contributed by atoms with Gasteiger partial charge in [0.2, 0.25) is 0 Å². The largest absolute Gasteiger partial charge is 0.461 e. The molecule has 0 spiro atoms. The van der Waals surface area contributed by atoms with Crippen molar-refractivity contribution in [2.24, 2.45) is 5.41 Å². The van der Waals surface area contributed by atoms with E-state index in [1.54, 1.807) is 12.1 Å². The molecule has 1 aliphatic carbocycles. The number of rotatable bonds is 4. The molecule has 2 N–H and O–H groups in total. The van der Waals surface area contributed by atoms with Gasteiger partial charge in [-0.1, -0.05) is 11.6 Å². The van der Waals surface area contributed by atoms with Gasteiger partial charge >= 0.3 is 5.97 Å². The fourth-order valence-corrected chi connectivity index (χ4v) is 1.91. The minimum Gasteiger partial charge on any atom is -0.461 e. The second kappa shape index (κ2) is 4.87. The first kappa shape index (κ1) is 12.7. The zero-order valence-corrected chi connectivity index (χ0v) is 10.5. The van der Waals surface area contributed by atoms with E-state index in [9.17, 15) is 4.79 Å². The first-order valence-corrected chi connectivity index (χ1v) is 6.03. The number of benzene rings is 1. The maximum atomic E-state index is 11.8. The molecular formula is C13H13ClN2O2. The van der Waals surface area contributed by atoms with Crippen LogP contribution < -0.4 is 5.73 Å². The Balaban J connectivity index is 1.98. The van der Waals surface area contributed by atoms with Crippen molar-refractivity contribution in [3.8, 4) is 6.07 Å². The SMILES string of the molecule is N#CCC1(COC(=O)c2ccc(Cl)cc2N)CC1. The van der Waals surface area contributed by atoms with Crippen molar-refractivity contribution < 1.29 is 9.53 Å². The fraction of sp³-hybridized carbons (Fsp3) is 0.385. The number of halogens is 1. The molecule has 0 heterocycles. The maximum Gasteiger partial charge on any atom is 0.340 e. The van der Waals surface area contributed by atoms with Gasteiger partial charge in [-0.05, 0) is 31.0 Å². The molecule has 5 heteroatoms. The van der Waals surface area contributed by atoms with E-state index < -0.39 is 5.97 Å².